The fourth-order valence-corrected chi connectivity index (χ4v) is 1.52. The molecule has 0 aliphatic heterocycles. The minimum Gasteiger partial charge on any atom is -0.346 e. The molecule has 0 radical (unpaired) electrons. The molecule has 0 aliphatic carbocycles. The van der Waals surface area contributed by atoms with Crippen LogP contribution in [0.1, 0.15) is 13.8 Å². The molecular weight excluding hydrogens is 189 g/mol. The highest BCUT2D eigenvalue weighted by molar-refractivity contribution is 5.51. The first kappa shape index (κ1) is 11.5. The Morgan fingerprint density at radius 2 is 2.00 bits per heavy atom. The number of hydrogen-bond donors (Lipinski definition) is 0. The smallest absolute Gasteiger partial charge is 0.123 e. The summed E-state index contributed by atoms with van der Waals surface area (Å²) in [5.41, 5.74) is 2.09. The molecule has 0 spiro atoms. The maximum Gasteiger partial charge on any atom is 0.123 e. The fraction of sp³-hybridized carbons (Fsp3) is 0.231. The lowest BCUT2D eigenvalue weighted by Crippen LogP contribution is -2.19. The normalized spacial score (nSPS) is 11.3. The van der Waals surface area contributed by atoms with Crippen molar-refractivity contribution in [3.05, 3.63) is 54.5 Å². The van der Waals surface area contributed by atoms with Crippen LogP contribution in [0, 0.1) is 5.82 Å². The lowest BCUT2D eigenvalue weighted by molar-refractivity contribution is 0.627. The van der Waals surface area contributed by atoms with Gasteiger partial charge in [-0.2, -0.15) is 0 Å². The Morgan fingerprint density at radius 1 is 1.40 bits per heavy atom. The molecule has 0 fully saturated rings. The van der Waals surface area contributed by atoms with Crippen LogP contribution in [0.5, 0.6) is 0 Å². The number of rotatable bonds is 4. The standard InChI is InChI=1S/C13H16FN/c1-4-6-11(3)15(5-2)13-9-7-12(14)8-10-13/h4,6-10H,1,5H2,2-3H3/b11-6+. The van der Waals surface area contributed by atoms with Gasteiger partial charge in [0.05, 0.1) is 0 Å². The van der Waals surface area contributed by atoms with Crippen molar-refractivity contribution in [3.63, 3.8) is 0 Å². The Bertz CT molecular complexity index is 351. The first-order valence-electron chi connectivity index (χ1n) is 5.01. The molecule has 0 saturated carbocycles. The van der Waals surface area contributed by atoms with Gasteiger partial charge in [-0.05, 0) is 44.2 Å². The fourth-order valence-electron chi connectivity index (χ4n) is 1.52. The zero-order chi connectivity index (χ0) is 11.3. The molecule has 15 heavy (non-hydrogen) atoms. The summed E-state index contributed by atoms with van der Waals surface area (Å²) in [4.78, 5) is 2.10. The SMILES string of the molecule is C=C/C=C(\C)N(CC)c1ccc(F)cc1. The summed E-state index contributed by atoms with van der Waals surface area (Å²) in [5, 5.41) is 0. The second-order valence-corrected chi connectivity index (χ2v) is 3.26. The van der Waals surface area contributed by atoms with E-state index in [4.69, 9.17) is 0 Å². The first-order chi connectivity index (χ1) is 7.19. The highest BCUT2D eigenvalue weighted by atomic mass is 19.1. The van der Waals surface area contributed by atoms with Crippen LogP contribution in [0.2, 0.25) is 0 Å². The van der Waals surface area contributed by atoms with Gasteiger partial charge in [-0.3, -0.25) is 0 Å². The van der Waals surface area contributed by atoms with E-state index in [1.807, 2.05) is 13.0 Å². The molecule has 0 N–H and O–H groups in total. The molecule has 0 amide bonds. The summed E-state index contributed by atoms with van der Waals surface area (Å²) in [5.74, 6) is -0.208. The minimum atomic E-state index is -0.208. The van der Waals surface area contributed by atoms with Crippen molar-refractivity contribution >= 4 is 5.69 Å². The van der Waals surface area contributed by atoms with Gasteiger partial charge >= 0.3 is 0 Å². The third-order valence-electron chi connectivity index (χ3n) is 2.24. The second kappa shape index (κ2) is 5.35. The van der Waals surface area contributed by atoms with Crippen LogP contribution >= 0.6 is 0 Å². The lowest BCUT2D eigenvalue weighted by atomic mass is 10.2. The molecule has 1 aromatic rings. The average Bonchev–Trinajstić information content (AvgIpc) is 2.22. The maximum absolute atomic E-state index is 12.8. The predicted molar refractivity (Wildman–Crippen MR) is 63.4 cm³/mol. The molecule has 80 valence electrons. The molecule has 0 heterocycles. The van der Waals surface area contributed by atoms with E-state index >= 15 is 0 Å². The van der Waals surface area contributed by atoms with E-state index in [-0.39, 0.29) is 5.82 Å². The van der Waals surface area contributed by atoms with Gasteiger partial charge in [0.15, 0.2) is 0 Å². The number of benzene rings is 1. The Labute approximate surface area is 90.5 Å². The molecule has 0 bridgehead atoms. The van der Waals surface area contributed by atoms with Crippen LogP contribution in [-0.2, 0) is 0 Å². The third kappa shape index (κ3) is 2.94. The van der Waals surface area contributed by atoms with Crippen molar-refractivity contribution in [1.29, 1.82) is 0 Å². The van der Waals surface area contributed by atoms with E-state index < -0.39 is 0 Å². The van der Waals surface area contributed by atoms with Crippen LogP contribution in [0.25, 0.3) is 0 Å². The molecule has 0 unspecified atom stereocenters. The average molecular weight is 205 g/mol. The van der Waals surface area contributed by atoms with Crippen molar-refractivity contribution in [2.24, 2.45) is 0 Å². The number of halogens is 1. The van der Waals surface area contributed by atoms with E-state index in [1.165, 1.54) is 12.1 Å². The molecule has 0 aromatic heterocycles. The van der Waals surface area contributed by atoms with E-state index in [1.54, 1.807) is 18.2 Å². The highest BCUT2D eigenvalue weighted by Gasteiger charge is 2.04. The molecule has 1 rings (SSSR count). The Balaban J connectivity index is 2.97. The van der Waals surface area contributed by atoms with Crippen molar-refractivity contribution in [1.82, 2.24) is 0 Å². The lowest BCUT2D eigenvalue weighted by Gasteiger charge is -2.23. The van der Waals surface area contributed by atoms with E-state index in [0.29, 0.717) is 0 Å². The predicted octanol–water partition coefficient (Wildman–Crippen LogP) is 3.74. The van der Waals surface area contributed by atoms with Crippen molar-refractivity contribution in [2.75, 3.05) is 11.4 Å². The topological polar surface area (TPSA) is 3.24 Å². The minimum absolute atomic E-state index is 0.208. The third-order valence-corrected chi connectivity index (χ3v) is 2.24. The van der Waals surface area contributed by atoms with Gasteiger partial charge in [-0.25, -0.2) is 4.39 Å². The summed E-state index contributed by atoms with van der Waals surface area (Å²) in [6.07, 6.45) is 3.69. The number of hydrogen-bond acceptors (Lipinski definition) is 1. The first-order valence-corrected chi connectivity index (χ1v) is 5.01. The number of anilines is 1. The molecule has 1 nitrogen and oxygen atoms in total. The molecule has 0 aliphatic rings. The summed E-state index contributed by atoms with van der Waals surface area (Å²) < 4.78 is 12.8. The van der Waals surface area contributed by atoms with Gasteiger partial charge in [-0.1, -0.05) is 12.7 Å². The van der Waals surface area contributed by atoms with Crippen LogP contribution in [0.4, 0.5) is 10.1 Å². The molecule has 1 aromatic carbocycles. The maximum atomic E-state index is 12.8. The van der Waals surface area contributed by atoms with E-state index in [2.05, 4.69) is 18.4 Å². The van der Waals surface area contributed by atoms with Crippen molar-refractivity contribution in [3.8, 4) is 0 Å². The van der Waals surface area contributed by atoms with Crippen LogP contribution in [-0.4, -0.2) is 6.54 Å². The van der Waals surface area contributed by atoms with Gasteiger partial charge in [0, 0.05) is 17.9 Å². The Morgan fingerprint density at radius 3 is 2.47 bits per heavy atom. The van der Waals surface area contributed by atoms with E-state index in [0.717, 1.165) is 17.9 Å². The number of nitrogens with zero attached hydrogens (tertiary/aromatic N) is 1. The molecule has 2 heteroatoms. The largest absolute Gasteiger partial charge is 0.346 e. The van der Waals surface area contributed by atoms with Crippen LogP contribution in [0.3, 0.4) is 0 Å². The highest BCUT2D eigenvalue weighted by Crippen LogP contribution is 2.18. The zero-order valence-electron chi connectivity index (χ0n) is 9.20. The van der Waals surface area contributed by atoms with Gasteiger partial charge in [-0.15, -0.1) is 0 Å². The second-order valence-electron chi connectivity index (χ2n) is 3.26. The summed E-state index contributed by atoms with van der Waals surface area (Å²) >= 11 is 0. The zero-order valence-corrected chi connectivity index (χ0v) is 9.20. The molecule has 0 saturated heterocycles. The van der Waals surface area contributed by atoms with Gasteiger partial charge in [0.2, 0.25) is 0 Å². The molecule has 0 atom stereocenters. The summed E-state index contributed by atoms with van der Waals surface area (Å²) in [7, 11) is 0. The van der Waals surface area contributed by atoms with Gasteiger partial charge in [0.1, 0.15) is 5.82 Å². The quantitative estimate of drug-likeness (QED) is 0.677. The van der Waals surface area contributed by atoms with E-state index in [9.17, 15) is 4.39 Å². The Hall–Kier alpha value is -1.57. The Kier molecular flexibility index (Phi) is 4.10. The monoisotopic (exact) mass is 205 g/mol. The van der Waals surface area contributed by atoms with Gasteiger partial charge < -0.3 is 4.90 Å². The molecular formula is C13H16FN. The van der Waals surface area contributed by atoms with Crippen molar-refractivity contribution < 1.29 is 4.39 Å². The van der Waals surface area contributed by atoms with Gasteiger partial charge in [0.25, 0.3) is 0 Å². The summed E-state index contributed by atoms with van der Waals surface area (Å²) in [6, 6.07) is 6.50. The number of allylic oxidation sites excluding steroid dienone is 3. The van der Waals surface area contributed by atoms with Crippen molar-refractivity contribution in [2.45, 2.75) is 13.8 Å². The van der Waals surface area contributed by atoms with Crippen LogP contribution < -0.4 is 4.90 Å². The summed E-state index contributed by atoms with van der Waals surface area (Å²) in [6.45, 7) is 8.58. The van der Waals surface area contributed by atoms with Crippen LogP contribution in [0.15, 0.2) is 48.7 Å².